The van der Waals surface area contributed by atoms with Gasteiger partial charge < -0.3 is 10.2 Å². The van der Waals surface area contributed by atoms with Gasteiger partial charge in [0, 0.05) is 31.1 Å². The van der Waals surface area contributed by atoms with Crippen molar-refractivity contribution in [2.45, 2.75) is 63.3 Å². The molecule has 0 spiro atoms. The molecule has 2 aliphatic heterocycles. The van der Waals surface area contributed by atoms with Gasteiger partial charge in [-0.1, -0.05) is 26.2 Å². The van der Waals surface area contributed by atoms with E-state index < -0.39 is 0 Å². The standard InChI is InChI=1S/C16H27N5/c1-16(7-3-2-4-8-16)14-18-15(20-19-14)21-9-5-6-12-10-17-11-13(12)21/h12-13,17H,2-11H2,1H3,(H,18,19,20). The Morgan fingerprint density at radius 1 is 1.14 bits per heavy atom. The van der Waals surface area contributed by atoms with E-state index in [4.69, 9.17) is 4.98 Å². The first-order chi connectivity index (χ1) is 10.3. The molecule has 2 saturated heterocycles. The van der Waals surface area contributed by atoms with E-state index in [0.717, 1.165) is 37.3 Å². The Kier molecular flexibility index (Phi) is 3.40. The van der Waals surface area contributed by atoms with Gasteiger partial charge in [-0.2, -0.15) is 4.98 Å². The van der Waals surface area contributed by atoms with Crippen molar-refractivity contribution in [3.05, 3.63) is 5.82 Å². The fourth-order valence-electron chi connectivity index (χ4n) is 4.54. The van der Waals surface area contributed by atoms with Crippen molar-refractivity contribution >= 4 is 5.95 Å². The number of hydrogen-bond acceptors (Lipinski definition) is 4. The molecule has 1 saturated carbocycles. The molecule has 21 heavy (non-hydrogen) atoms. The highest BCUT2D eigenvalue weighted by Gasteiger charge is 2.38. The van der Waals surface area contributed by atoms with Crippen LogP contribution in [0, 0.1) is 5.92 Å². The Morgan fingerprint density at radius 2 is 2.00 bits per heavy atom. The van der Waals surface area contributed by atoms with Crippen LogP contribution in [0.25, 0.3) is 0 Å². The quantitative estimate of drug-likeness (QED) is 0.876. The maximum absolute atomic E-state index is 4.92. The normalized spacial score (nSPS) is 32.1. The van der Waals surface area contributed by atoms with Crippen molar-refractivity contribution in [3.8, 4) is 0 Å². The summed E-state index contributed by atoms with van der Waals surface area (Å²) in [7, 11) is 0. The molecular formula is C16H27N5. The van der Waals surface area contributed by atoms with Crippen LogP contribution in [0.5, 0.6) is 0 Å². The van der Waals surface area contributed by atoms with Crippen LogP contribution in [-0.2, 0) is 5.41 Å². The van der Waals surface area contributed by atoms with E-state index in [1.54, 1.807) is 0 Å². The number of H-pyrrole nitrogens is 1. The average Bonchev–Trinajstić information content (AvgIpc) is 3.17. The van der Waals surface area contributed by atoms with Gasteiger partial charge in [0.05, 0.1) is 0 Å². The second-order valence-electron chi connectivity index (χ2n) is 7.43. The summed E-state index contributed by atoms with van der Waals surface area (Å²) in [5.41, 5.74) is 0.215. The van der Waals surface area contributed by atoms with Crippen molar-refractivity contribution in [1.29, 1.82) is 0 Å². The molecule has 2 atom stereocenters. The van der Waals surface area contributed by atoms with Gasteiger partial charge in [-0.05, 0) is 31.6 Å². The van der Waals surface area contributed by atoms with Gasteiger partial charge >= 0.3 is 0 Å². The zero-order valence-electron chi connectivity index (χ0n) is 13.1. The van der Waals surface area contributed by atoms with Crippen molar-refractivity contribution in [3.63, 3.8) is 0 Å². The molecule has 4 rings (SSSR count). The third-order valence-electron chi connectivity index (χ3n) is 5.94. The second kappa shape index (κ2) is 5.27. The molecule has 3 heterocycles. The van der Waals surface area contributed by atoms with Gasteiger partial charge in [0.2, 0.25) is 5.95 Å². The topological polar surface area (TPSA) is 56.8 Å². The summed E-state index contributed by atoms with van der Waals surface area (Å²) in [6.07, 6.45) is 9.13. The zero-order valence-corrected chi connectivity index (χ0v) is 13.1. The molecule has 3 aliphatic rings. The Bertz CT molecular complexity index is 491. The first-order valence-electron chi connectivity index (χ1n) is 8.66. The highest BCUT2D eigenvalue weighted by molar-refractivity contribution is 5.34. The molecule has 5 nitrogen and oxygen atoms in total. The molecule has 0 amide bonds. The third-order valence-corrected chi connectivity index (χ3v) is 5.94. The molecule has 3 fully saturated rings. The smallest absolute Gasteiger partial charge is 0.245 e. The minimum Gasteiger partial charge on any atom is -0.335 e. The lowest BCUT2D eigenvalue weighted by molar-refractivity contribution is 0.304. The van der Waals surface area contributed by atoms with Gasteiger partial charge in [0.25, 0.3) is 0 Å². The summed E-state index contributed by atoms with van der Waals surface area (Å²) < 4.78 is 0. The van der Waals surface area contributed by atoms with E-state index in [1.165, 1.54) is 44.9 Å². The van der Waals surface area contributed by atoms with E-state index in [-0.39, 0.29) is 5.41 Å². The highest BCUT2D eigenvalue weighted by Crippen LogP contribution is 2.38. The molecule has 5 heteroatoms. The van der Waals surface area contributed by atoms with Crippen LogP contribution < -0.4 is 10.2 Å². The first kappa shape index (κ1) is 13.6. The first-order valence-corrected chi connectivity index (χ1v) is 8.66. The number of nitrogens with zero attached hydrogens (tertiary/aromatic N) is 3. The lowest BCUT2D eigenvalue weighted by Gasteiger charge is -2.36. The van der Waals surface area contributed by atoms with Crippen LogP contribution in [0.1, 0.15) is 57.7 Å². The summed E-state index contributed by atoms with van der Waals surface area (Å²) in [5, 5.41) is 11.4. The van der Waals surface area contributed by atoms with Gasteiger partial charge in [0.1, 0.15) is 5.82 Å². The lowest BCUT2D eigenvalue weighted by Crippen LogP contribution is -2.45. The van der Waals surface area contributed by atoms with Crippen molar-refractivity contribution < 1.29 is 0 Å². The molecule has 0 bridgehead atoms. The maximum atomic E-state index is 4.92. The number of anilines is 1. The Hall–Kier alpha value is -1.10. The second-order valence-corrected chi connectivity index (χ2v) is 7.43. The van der Waals surface area contributed by atoms with E-state index in [2.05, 4.69) is 27.3 Å². The zero-order chi connectivity index (χ0) is 14.3. The van der Waals surface area contributed by atoms with Crippen molar-refractivity contribution in [2.24, 2.45) is 5.92 Å². The molecule has 1 aromatic rings. The van der Waals surface area contributed by atoms with E-state index in [1.807, 2.05) is 0 Å². The van der Waals surface area contributed by atoms with Gasteiger partial charge in [-0.25, -0.2) is 0 Å². The van der Waals surface area contributed by atoms with E-state index >= 15 is 0 Å². The molecule has 2 N–H and O–H groups in total. The number of fused-ring (bicyclic) bond motifs is 1. The van der Waals surface area contributed by atoms with Crippen molar-refractivity contribution in [1.82, 2.24) is 20.5 Å². The molecule has 0 radical (unpaired) electrons. The number of nitrogens with one attached hydrogen (secondary N) is 2. The van der Waals surface area contributed by atoms with Crippen LogP contribution in [0.15, 0.2) is 0 Å². The van der Waals surface area contributed by atoms with Crippen LogP contribution in [0.2, 0.25) is 0 Å². The van der Waals surface area contributed by atoms with E-state index in [9.17, 15) is 0 Å². The van der Waals surface area contributed by atoms with Crippen LogP contribution in [0.4, 0.5) is 5.95 Å². The summed E-state index contributed by atoms with van der Waals surface area (Å²) in [5.74, 6) is 2.84. The fourth-order valence-corrected chi connectivity index (χ4v) is 4.54. The highest BCUT2D eigenvalue weighted by atomic mass is 15.4. The number of piperidine rings is 1. The van der Waals surface area contributed by atoms with Crippen LogP contribution >= 0.6 is 0 Å². The fraction of sp³-hybridized carbons (Fsp3) is 0.875. The Labute approximate surface area is 126 Å². The van der Waals surface area contributed by atoms with Crippen LogP contribution in [-0.4, -0.2) is 40.9 Å². The predicted molar refractivity (Wildman–Crippen MR) is 83.5 cm³/mol. The maximum Gasteiger partial charge on any atom is 0.245 e. The Morgan fingerprint density at radius 3 is 2.86 bits per heavy atom. The van der Waals surface area contributed by atoms with Gasteiger partial charge in [-0.15, -0.1) is 5.10 Å². The molecule has 1 aliphatic carbocycles. The minimum absolute atomic E-state index is 0.215. The largest absolute Gasteiger partial charge is 0.335 e. The monoisotopic (exact) mass is 289 g/mol. The van der Waals surface area contributed by atoms with Crippen LogP contribution in [0.3, 0.4) is 0 Å². The minimum atomic E-state index is 0.215. The summed E-state index contributed by atoms with van der Waals surface area (Å²) in [6.45, 7) is 5.71. The lowest BCUT2D eigenvalue weighted by atomic mass is 9.75. The Balaban J connectivity index is 1.56. The summed E-state index contributed by atoms with van der Waals surface area (Å²) >= 11 is 0. The van der Waals surface area contributed by atoms with Gasteiger partial charge in [-0.3, -0.25) is 5.10 Å². The predicted octanol–water partition coefficient (Wildman–Crippen LogP) is 2.21. The molecular weight excluding hydrogens is 262 g/mol. The average molecular weight is 289 g/mol. The number of hydrogen-bond donors (Lipinski definition) is 2. The molecule has 116 valence electrons. The SMILES string of the molecule is CC1(c2nc(N3CCCC4CNCC43)n[nH]2)CCCCC1. The molecule has 0 aromatic carbocycles. The summed E-state index contributed by atoms with van der Waals surface area (Å²) in [6, 6.07) is 0.599. The van der Waals surface area contributed by atoms with E-state index in [0.29, 0.717) is 6.04 Å². The summed E-state index contributed by atoms with van der Waals surface area (Å²) in [4.78, 5) is 7.37. The van der Waals surface area contributed by atoms with Crippen molar-refractivity contribution in [2.75, 3.05) is 24.5 Å². The third kappa shape index (κ3) is 2.35. The molecule has 1 aromatic heterocycles. The van der Waals surface area contributed by atoms with Gasteiger partial charge in [0.15, 0.2) is 0 Å². The number of aromatic amines is 1. The molecule has 2 unspecified atom stereocenters. The number of rotatable bonds is 2. The number of aromatic nitrogens is 3.